The Hall–Kier alpha value is -2.89. The van der Waals surface area contributed by atoms with Crippen molar-refractivity contribution >= 4 is 17.9 Å². The fourth-order valence-electron chi connectivity index (χ4n) is 9.61. The SMILES string of the molecule is CC/C=C\C/C=C\C/C=C\C/C=C\CCCCCCCCCCCCCCCCC(=O)OCC(COC(=O)CCCCCCC/C=C\CCCCCCC)OC(=O)CCCCCCCCCCCCCCCCCC. The predicted molar refractivity (Wildman–Crippen MR) is 325 cm³/mol. The van der Waals surface area contributed by atoms with Crippen molar-refractivity contribution < 1.29 is 28.6 Å². The summed E-state index contributed by atoms with van der Waals surface area (Å²) in [6, 6.07) is 0. The smallest absolute Gasteiger partial charge is 0.306 e. The largest absolute Gasteiger partial charge is 0.462 e. The van der Waals surface area contributed by atoms with Gasteiger partial charge >= 0.3 is 17.9 Å². The summed E-state index contributed by atoms with van der Waals surface area (Å²) in [7, 11) is 0. The zero-order valence-electron chi connectivity index (χ0n) is 50.1. The second-order valence-electron chi connectivity index (χ2n) is 22.0. The standard InChI is InChI=1S/C69H124O6/c1-4-7-10-13-16-19-22-25-28-30-31-32-33-34-35-36-37-38-39-40-42-44-47-50-53-56-59-62-68(71)74-65-66(64-73-67(70)61-58-55-52-49-46-43-27-24-21-18-15-12-9-6-3)75-69(72)63-60-57-54-51-48-45-41-29-26-23-20-17-14-11-8-5-2/h7,10,16,19,24-25,27-28,31-32,66H,4-6,8-9,11-15,17-18,20-23,26,29-30,33-65H2,1-3H3/b10-7-,19-16-,27-24-,28-25-,32-31-. The molecule has 0 aromatic heterocycles. The molecular formula is C69H124O6. The van der Waals surface area contributed by atoms with Gasteiger partial charge in [0.2, 0.25) is 0 Å². The van der Waals surface area contributed by atoms with Crippen LogP contribution in [0.2, 0.25) is 0 Å². The van der Waals surface area contributed by atoms with Crippen LogP contribution in [0.5, 0.6) is 0 Å². The van der Waals surface area contributed by atoms with Crippen molar-refractivity contribution in [3.8, 4) is 0 Å². The number of unbranched alkanes of at least 4 members (excludes halogenated alkanes) is 39. The van der Waals surface area contributed by atoms with Crippen LogP contribution in [0, 0.1) is 0 Å². The van der Waals surface area contributed by atoms with Crippen molar-refractivity contribution in [1.82, 2.24) is 0 Å². The maximum Gasteiger partial charge on any atom is 0.306 e. The molecule has 0 fully saturated rings. The summed E-state index contributed by atoms with van der Waals surface area (Å²) in [6.07, 6.45) is 80.9. The quantitative estimate of drug-likeness (QED) is 0.0261. The monoisotopic (exact) mass is 1050 g/mol. The molecule has 0 amide bonds. The first-order valence-corrected chi connectivity index (χ1v) is 32.8. The lowest BCUT2D eigenvalue weighted by atomic mass is 10.0. The van der Waals surface area contributed by atoms with Gasteiger partial charge in [0.25, 0.3) is 0 Å². The molecule has 0 N–H and O–H groups in total. The highest BCUT2D eigenvalue weighted by molar-refractivity contribution is 5.71. The van der Waals surface area contributed by atoms with E-state index in [1.165, 1.54) is 212 Å². The molecule has 75 heavy (non-hydrogen) atoms. The van der Waals surface area contributed by atoms with Crippen molar-refractivity contribution in [1.29, 1.82) is 0 Å². The van der Waals surface area contributed by atoms with Crippen LogP contribution in [-0.4, -0.2) is 37.2 Å². The van der Waals surface area contributed by atoms with Gasteiger partial charge in [0.05, 0.1) is 0 Å². The van der Waals surface area contributed by atoms with E-state index in [1.807, 2.05) is 0 Å². The highest BCUT2D eigenvalue weighted by Crippen LogP contribution is 2.17. The number of carbonyl (C=O) groups is 3. The maximum absolute atomic E-state index is 12.9. The summed E-state index contributed by atoms with van der Waals surface area (Å²) in [6.45, 7) is 6.56. The van der Waals surface area contributed by atoms with Crippen LogP contribution < -0.4 is 0 Å². The van der Waals surface area contributed by atoms with E-state index >= 15 is 0 Å². The number of allylic oxidation sites excluding steroid dienone is 10. The Morgan fingerprint density at radius 2 is 0.520 bits per heavy atom. The van der Waals surface area contributed by atoms with Crippen LogP contribution in [0.1, 0.15) is 342 Å². The Bertz CT molecular complexity index is 1340. The summed E-state index contributed by atoms with van der Waals surface area (Å²) in [5.74, 6) is -0.861. The molecule has 0 aliphatic carbocycles. The molecule has 0 aromatic carbocycles. The number of hydrogen-bond acceptors (Lipinski definition) is 6. The maximum atomic E-state index is 12.9. The molecule has 0 bridgehead atoms. The molecule has 0 saturated heterocycles. The van der Waals surface area contributed by atoms with E-state index in [1.54, 1.807) is 0 Å². The van der Waals surface area contributed by atoms with Gasteiger partial charge < -0.3 is 14.2 Å². The molecule has 0 aliphatic heterocycles. The number of esters is 3. The van der Waals surface area contributed by atoms with Gasteiger partial charge in [-0.15, -0.1) is 0 Å². The fraction of sp³-hybridized carbons (Fsp3) is 0.812. The van der Waals surface area contributed by atoms with Crippen molar-refractivity contribution in [2.45, 2.75) is 348 Å². The highest BCUT2D eigenvalue weighted by Gasteiger charge is 2.19. The molecule has 0 saturated carbocycles. The van der Waals surface area contributed by atoms with E-state index in [2.05, 4.69) is 81.5 Å². The van der Waals surface area contributed by atoms with Crippen LogP contribution in [0.15, 0.2) is 60.8 Å². The zero-order chi connectivity index (χ0) is 54.3. The van der Waals surface area contributed by atoms with Crippen molar-refractivity contribution in [2.24, 2.45) is 0 Å². The minimum absolute atomic E-state index is 0.0726. The molecule has 0 aliphatic rings. The minimum Gasteiger partial charge on any atom is -0.462 e. The van der Waals surface area contributed by atoms with E-state index < -0.39 is 6.10 Å². The van der Waals surface area contributed by atoms with Crippen LogP contribution in [0.4, 0.5) is 0 Å². The molecule has 0 spiro atoms. The Morgan fingerprint density at radius 3 is 0.827 bits per heavy atom. The van der Waals surface area contributed by atoms with Gasteiger partial charge in [-0.1, -0.05) is 300 Å². The third-order valence-corrected chi connectivity index (χ3v) is 14.5. The van der Waals surface area contributed by atoms with Gasteiger partial charge in [-0.2, -0.15) is 0 Å². The van der Waals surface area contributed by atoms with E-state index in [0.29, 0.717) is 19.3 Å². The summed E-state index contributed by atoms with van der Waals surface area (Å²) < 4.78 is 16.9. The lowest BCUT2D eigenvalue weighted by molar-refractivity contribution is -0.167. The Kier molecular flexibility index (Phi) is 61.2. The topological polar surface area (TPSA) is 78.9 Å². The normalized spacial score (nSPS) is 12.4. The number of hydrogen-bond donors (Lipinski definition) is 0. The Morgan fingerprint density at radius 1 is 0.280 bits per heavy atom. The van der Waals surface area contributed by atoms with Gasteiger partial charge in [0.15, 0.2) is 6.10 Å². The Labute approximate surface area is 466 Å². The van der Waals surface area contributed by atoms with E-state index in [0.717, 1.165) is 89.9 Å². The molecule has 1 atom stereocenters. The van der Waals surface area contributed by atoms with E-state index in [4.69, 9.17) is 14.2 Å². The van der Waals surface area contributed by atoms with Gasteiger partial charge in [-0.25, -0.2) is 0 Å². The molecule has 0 rings (SSSR count). The van der Waals surface area contributed by atoms with Crippen molar-refractivity contribution in [3.05, 3.63) is 60.8 Å². The lowest BCUT2D eigenvalue weighted by Crippen LogP contribution is -2.30. The van der Waals surface area contributed by atoms with Crippen LogP contribution in [0.3, 0.4) is 0 Å². The van der Waals surface area contributed by atoms with Crippen molar-refractivity contribution in [2.75, 3.05) is 13.2 Å². The first-order chi connectivity index (χ1) is 37.0. The third-order valence-electron chi connectivity index (χ3n) is 14.5. The highest BCUT2D eigenvalue weighted by atomic mass is 16.6. The van der Waals surface area contributed by atoms with Gasteiger partial charge in [-0.3, -0.25) is 14.4 Å². The number of rotatable bonds is 60. The number of ether oxygens (including phenoxy) is 3. The van der Waals surface area contributed by atoms with Crippen LogP contribution in [-0.2, 0) is 28.6 Å². The second-order valence-corrected chi connectivity index (χ2v) is 22.0. The zero-order valence-corrected chi connectivity index (χ0v) is 50.1. The van der Waals surface area contributed by atoms with Crippen molar-refractivity contribution in [3.63, 3.8) is 0 Å². The molecule has 6 heteroatoms. The Balaban J connectivity index is 4.24. The van der Waals surface area contributed by atoms with E-state index in [9.17, 15) is 14.4 Å². The minimum atomic E-state index is -0.775. The summed E-state index contributed by atoms with van der Waals surface area (Å²) in [4.78, 5) is 38.3. The first-order valence-electron chi connectivity index (χ1n) is 32.8. The lowest BCUT2D eigenvalue weighted by Gasteiger charge is -2.18. The molecule has 0 radical (unpaired) electrons. The number of carbonyl (C=O) groups excluding carboxylic acids is 3. The summed E-state index contributed by atoms with van der Waals surface area (Å²) >= 11 is 0. The third kappa shape index (κ3) is 61.8. The summed E-state index contributed by atoms with van der Waals surface area (Å²) in [5.41, 5.74) is 0. The van der Waals surface area contributed by atoms with E-state index in [-0.39, 0.29) is 31.1 Å². The predicted octanol–water partition coefficient (Wildman–Crippen LogP) is 22.3. The fourth-order valence-corrected chi connectivity index (χ4v) is 9.61. The molecule has 6 nitrogen and oxygen atoms in total. The van der Waals surface area contributed by atoms with Gasteiger partial charge in [-0.05, 0) is 83.5 Å². The van der Waals surface area contributed by atoms with Gasteiger partial charge in [0.1, 0.15) is 13.2 Å². The second kappa shape index (κ2) is 63.6. The first kappa shape index (κ1) is 72.1. The molecule has 0 heterocycles. The molecular weight excluding hydrogens is 925 g/mol. The van der Waals surface area contributed by atoms with Gasteiger partial charge in [0, 0.05) is 19.3 Å². The van der Waals surface area contributed by atoms with Crippen LogP contribution >= 0.6 is 0 Å². The van der Waals surface area contributed by atoms with Crippen LogP contribution in [0.25, 0.3) is 0 Å². The molecule has 1 unspecified atom stereocenters. The molecule has 436 valence electrons. The summed E-state index contributed by atoms with van der Waals surface area (Å²) in [5, 5.41) is 0. The average Bonchev–Trinajstić information content (AvgIpc) is 3.41. The molecule has 0 aromatic rings. The average molecular weight is 1050 g/mol.